The molecule has 1 aliphatic rings. The minimum atomic E-state index is -2.48. The Morgan fingerprint density at radius 2 is 0.919 bits per heavy atom. The zero-order valence-corrected chi connectivity index (χ0v) is 46.5. The van der Waals surface area contributed by atoms with Crippen LogP contribution in [0.2, 0.25) is 5.04 Å². The fraction of sp³-hybridized carbons (Fsp3) is 0.516. The smallest absolute Gasteiger partial charge is 0.308 e. The van der Waals surface area contributed by atoms with E-state index in [1.54, 1.807) is 0 Å². The fourth-order valence-electron chi connectivity index (χ4n) is 10.2. The van der Waals surface area contributed by atoms with Gasteiger partial charge in [-0.15, -0.1) is 0 Å². The monoisotopic (exact) mass is 1030 g/mol. The Hall–Kier alpha value is -4.49. The third kappa shape index (κ3) is 19.0. The third-order valence-corrected chi connectivity index (χ3v) is 19.0. The molecule has 0 aromatic heterocycles. The molecule has 74 heavy (non-hydrogen) atoms. The van der Waals surface area contributed by atoms with Crippen LogP contribution in [0.1, 0.15) is 148 Å². The van der Waals surface area contributed by atoms with Crippen molar-refractivity contribution in [2.24, 2.45) is 0 Å². The van der Waals surface area contributed by atoms with Crippen molar-refractivity contribution >= 4 is 24.7 Å². The summed E-state index contributed by atoms with van der Waals surface area (Å²) in [5.74, 6) is -0.330. The van der Waals surface area contributed by atoms with Gasteiger partial charge in [0.1, 0.15) is 30.0 Å². The summed E-state index contributed by atoms with van der Waals surface area (Å²) in [4.78, 5) is 13.5. The van der Waals surface area contributed by atoms with Crippen LogP contribution in [0.5, 0.6) is 0 Å². The van der Waals surface area contributed by atoms with Crippen molar-refractivity contribution in [3.63, 3.8) is 0 Å². The highest BCUT2D eigenvalue weighted by atomic mass is 28.4. The number of aliphatic hydroxyl groups is 1. The Labute approximate surface area is 445 Å². The summed E-state index contributed by atoms with van der Waals surface area (Å²) < 4.78 is 46.6. The van der Waals surface area contributed by atoms with Crippen molar-refractivity contribution in [2.45, 2.75) is 199 Å². The highest BCUT2D eigenvalue weighted by Gasteiger charge is 2.51. The first-order valence-electron chi connectivity index (χ1n) is 27.7. The van der Waals surface area contributed by atoms with Crippen LogP contribution in [-0.4, -0.2) is 75.0 Å². The molecule has 1 heterocycles. The number of benzene rings is 5. The molecule has 0 saturated carbocycles. The second-order valence-electron chi connectivity index (χ2n) is 22.1. The molecule has 5 aromatic carbocycles. The average Bonchev–Trinajstić information content (AvgIpc) is 3.39. The van der Waals surface area contributed by atoms with Gasteiger partial charge >= 0.3 is 5.97 Å². The summed E-state index contributed by atoms with van der Waals surface area (Å²) in [5, 5.41) is 13.6. The van der Waals surface area contributed by atoms with E-state index >= 15 is 0 Å². The normalized spacial score (nSPS) is 18.8. The molecule has 10 heteroatoms. The molecule has 0 bridgehead atoms. The summed E-state index contributed by atoms with van der Waals surface area (Å²) >= 11 is 0. The predicted molar refractivity (Wildman–Crippen MR) is 300 cm³/mol. The maximum atomic E-state index is 13.5. The predicted octanol–water partition coefficient (Wildman–Crippen LogP) is 13.2. The molecule has 1 N–H and O–H groups in total. The molecule has 1 saturated heterocycles. The molecular formula is C64H88O9Si. The van der Waals surface area contributed by atoms with Crippen molar-refractivity contribution in [3.8, 4) is 0 Å². The van der Waals surface area contributed by atoms with E-state index in [0.717, 1.165) is 49.0 Å². The van der Waals surface area contributed by atoms with Crippen LogP contribution in [0.25, 0.3) is 0 Å². The van der Waals surface area contributed by atoms with Gasteiger partial charge in [0, 0.05) is 6.61 Å². The van der Waals surface area contributed by atoms with Crippen molar-refractivity contribution < 1.29 is 42.7 Å². The van der Waals surface area contributed by atoms with E-state index in [1.165, 1.54) is 61.7 Å². The van der Waals surface area contributed by atoms with Crippen molar-refractivity contribution in [1.82, 2.24) is 0 Å². The van der Waals surface area contributed by atoms with Crippen molar-refractivity contribution in [1.29, 1.82) is 0 Å². The molecule has 0 unspecified atom stereocenters. The van der Waals surface area contributed by atoms with Gasteiger partial charge in [0.05, 0.1) is 39.0 Å². The zero-order chi connectivity index (χ0) is 52.5. The molecule has 0 aliphatic carbocycles. The van der Waals surface area contributed by atoms with E-state index < -0.39 is 50.7 Å². The summed E-state index contributed by atoms with van der Waals surface area (Å²) in [6, 6.07) is 51.8. The van der Waals surface area contributed by atoms with Crippen molar-refractivity contribution in [3.05, 3.63) is 168 Å². The number of hydrogen-bond acceptors (Lipinski definition) is 9. The number of ether oxygens (including phenoxy) is 6. The highest BCUT2D eigenvalue weighted by molar-refractivity contribution is 6.99. The Bertz CT molecular complexity index is 2210. The molecule has 6 rings (SSSR count). The Morgan fingerprint density at radius 1 is 0.527 bits per heavy atom. The van der Waals surface area contributed by atoms with Crippen LogP contribution in [-0.2, 0) is 57.5 Å². The summed E-state index contributed by atoms with van der Waals surface area (Å²) in [5.41, 5.74) is 2.31. The minimum absolute atomic E-state index is 0.000752. The number of carbonyl (C=O) groups excluding carboxylic acids is 1. The van der Waals surface area contributed by atoms with Crippen molar-refractivity contribution in [2.75, 3.05) is 13.2 Å². The maximum absolute atomic E-state index is 13.5. The molecule has 0 spiro atoms. The largest absolute Gasteiger partial charge is 0.460 e. The topological polar surface area (TPSA) is 102 Å². The lowest BCUT2D eigenvalue weighted by atomic mass is 9.97. The SMILES string of the molecule is CC(C)(C)OC(=O)C[C@H](CCCCCCCCCCCCCCO[Si](c1ccccc1)(c1ccccc1)C(C)(C)C)O[C@@H]1O[C@H](CO)[C@@H](OCc2ccccc2)[C@H](OCc2ccccc2)[C@H]1OCc1ccccc1. The van der Waals surface area contributed by atoms with Gasteiger partial charge in [0.2, 0.25) is 0 Å². The van der Waals surface area contributed by atoms with Gasteiger partial charge in [-0.25, -0.2) is 0 Å². The lowest BCUT2D eigenvalue weighted by Gasteiger charge is -2.46. The van der Waals surface area contributed by atoms with Gasteiger partial charge in [-0.1, -0.05) is 243 Å². The maximum Gasteiger partial charge on any atom is 0.308 e. The Morgan fingerprint density at radius 3 is 1.34 bits per heavy atom. The standard InChI is InChI=1S/C64H88O9Si/c1-63(2,3)73-58(66)46-54(40-28-15-13-11-9-7-8-10-12-14-16-33-45-70-74(64(4,5)6,55-41-29-20-30-42-55)56-43-31-21-32-44-56)71-62-61(69-50-53-38-26-19-27-39-53)60(68-49-52-36-24-18-25-37-52)59(57(47-65)72-62)67-48-51-34-22-17-23-35-51/h17-27,29-32,34-39,41-44,54,57,59-62,65H,7-16,28,33,40,45-50H2,1-6H3/t54-,57+,59+,60-,61+,62+/m0/s1. The minimum Gasteiger partial charge on any atom is -0.460 e. The number of esters is 1. The zero-order valence-electron chi connectivity index (χ0n) is 45.5. The summed E-state index contributed by atoms with van der Waals surface area (Å²) in [7, 11) is -2.48. The summed E-state index contributed by atoms with van der Waals surface area (Å²) in [6.07, 6.45) is 10.3. The number of unbranched alkanes of at least 4 members (excludes halogenated alkanes) is 11. The van der Waals surface area contributed by atoms with Crippen LogP contribution in [0, 0.1) is 0 Å². The van der Waals surface area contributed by atoms with E-state index in [2.05, 4.69) is 81.4 Å². The average molecular weight is 1030 g/mol. The summed E-state index contributed by atoms with van der Waals surface area (Å²) in [6.45, 7) is 14.0. The van der Waals surface area contributed by atoms with E-state index in [1.807, 2.05) is 112 Å². The molecular weight excluding hydrogens is 941 g/mol. The van der Waals surface area contributed by atoms with Gasteiger partial charge in [-0.2, -0.15) is 0 Å². The molecule has 9 nitrogen and oxygen atoms in total. The van der Waals surface area contributed by atoms with E-state index in [4.69, 9.17) is 32.8 Å². The molecule has 0 radical (unpaired) electrons. The van der Waals surface area contributed by atoms with E-state index in [-0.39, 0.29) is 43.9 Å². The molecule has 1 fully saturated rings. The quantitative estimate of drug-likeness (QED) is 0.0256. The van der Waals surface area contributed by atoms with Gasteiger partial charge in [-0.3, -0.25) is 4.79 Å². The van der Waals surface area contributed by atoms with E-state index in [9.17, 15) is 9.90 Å². The number of hydrogen-bond donors (Lipinski definition) is 1. The molecule has 6 atom stereocenters. The molecule has 1 aliphatic heterocycles. The van der Waals surface area contributed by atoms with Gasteiger partial charge in [-0.05, 0) is 65.7 Å². The lowest BCUT2D eigenvalue weighted by molar-refractivity contribution is -0.335. The van der Waals surface area contributed by atoms with Crippen LogP contribution < -0.4 is 10.4 Å². The van der Waals surface area contributed by atoms with Crippen LogP contribution in [0.15, 0.2) is 152 Å². The van der Waals surface area contributed by atoms with Gasteiger partial charge in [0.25, 0.3) is 8.32 Å². The van der Waals surface area contributed by atoms with Gasteiger partial charge < -0.3 is 38.0 Å². The highest BCUT2D eigenvalue weighted by Crippen LogP contribution is 2.37. The van der Waals surface area contributed by atoms with Crippen LogP contribution >= 0.6 is 0 Å². The van der Waals surface area contributed by atoms with E-state index in [0.29, 0.717) is 6.42 Å². The Balaban J connectivity index is 0.993. The lowest BCUT2D eigenvalue weighted by Crippen LogP contribution is -2.66. The fourth-order valence-corrected chi connectivity index (χ4v) is 14.8. The number of carbonyl (C=O) groups is 1. The first kappa shape index (κ1) is 58.8. The second-order valence-corrected chi connectivity index (χ2v) is 26.4. The number of rotatable bonds is 32. The van der Waals surface area contributed by atoms with Gasteiger partial charge in [0.15, 0.2) is 6.29 Å². The molecule has 402 valence electrons. The first-order valence-corrected chi connectivity index (χ1v) is 29.6. The number of aliphatic hydroxyl groups excluding tert-OH is 1. The first-order chi connectivity index (χ1) is 35.9. The van der Waals surface area contributed by atoms with Crippen LogP contribution in [0.4, 0.5) is 0 Å². The Kier molecular flexibility index (Phi) is 24.5. The molecule has 0 amide bonds. The van der Waals surface area contributed by atoms with Crippen LogP contribution in [0.3, 0.4) is 0 Å². The third-order valence-electron chi connectivity index (χ3n) is 13.9. The second kappa shape index (κ2) is 30.9. The molecule has 5 aromatic rings.